The Morgan fingerprint density at radius 2 is 2.05 bits per heavy atom. The predicted molar refractivity (Wildman–Crippen MR) is 80.5 cm³/mol. The Bertz CT molecular complexity index is 482. The molecule has 0 spiro atoms. The van der Waals surface area contributed by atoms with Gasteiger partial charge in [-0.05, 0) is 36.6 Å². The number of rotatable bonds is 9. The molecule has 0 bridgehead atoms. The van der Waals surface area contributed by atoms with Crippen LogP contribution >= 0.6 is 0 Å². The lowest BCUT2D eigenvalue weighted by molar-refractivity contribution is -0.137. The van der Waals surface area contributed by atoms with Crippen LogP contribution in [0.1, 0.15) is 30.1 Å². The van der Waals surface area contributed by atoms with Crippen molar-refractivity contribution in [2.75, 3.05) is 13.2 Å². The summed E-state index contributed by atoms with van der Waals surface area (Å²) in [4.78, 5) is 22.4. The van der Waals surface area contributed by atoms with Crippen molar-refractivity contribution in [3.63, 3.8) is 0 Å². The standard InChI is InChI=1S/C16H21NO4/c1-3-10-21-14-7-5-13(6-8-14)16(20)17-11-12(2)4-9-15(18)19/h3,5-8,12H,1,4,9-11H2,2H3,(H,17,20)(H,18,19). The predicted octanol–water partition coefficient (Wildman–Crippen LogP) is 2.48. The van der Waals surface area contributed by atoms with E-state index < -0.39 is 5.97 Å². The molecule has 0 fully saturated rings. The minimum Gasteiger partial charge on any atom is -0.490 e. The molecule has 0 saturated heterocycles. The van der Waals surface area contributed by atoms with Crippen molar-refractivity contribution in [1.29, 1.82) is 0 Å². The zero-order chi connectivity index (χ0) is 15.7. The fraction of sp³-hybridized carbons (Fsp3) is 0.375. The summed E-state index contributed by atoms with van der Waals surface area (Å²) in [6, 6.07) is 6.84. The molecule has 0 saturated carbocycles. The molecule has 1 unspecified atom stereocenters. The molecule has 0 radical (unpaired) electrons. The summed E-state index contributed by atoms with van der Waals surface area (Å²) >= 11 is 0. The van der Waals surface area contributed by atoms with Gasteiger partial charge in [-0.15, -0.1) is 0 Å². The van der Waals surface area contributed by atoms with E-state index in [0.717, 1.165) is 0 Å². The Morgan fingerprint density at radius 3 is 2.62 bits per heavy atom. The van der Waals surface area contributed by atoms with E-state index >= 15 is 0 Å². The van der Waals surface area contributed by atoms with E-state index in [2.05, 4.69) is 11.9 Å². The van der Waals surface area contributed by atoms with Gasteiger partial charge < -0.3 is 15.2 Å². The maximum absolute atomic E-state index is 11.9. The van der Waals surface area contributed by atoms with Gasteiger partial charge in [0.25, 0.3) is 5.91 Å². The monoisotopic (exact) mass is 291 g/mol. The third-order valence-corrected chi connectivity index (χ3v) is 2.95. The van der Waals surface area contributed by atoms with Crippen LogP contribution in [-0.2, 0) is 4.79 Å². The topological polar surface area (TPSA) is 75.6 Å². The summed E-state index contributed by atoms with van der Waals surface area (Å²) in [6.07, 6.45) is 2.31. The van der Waals surface area contributed by atoms with Crippen LogP contribution in [-0.4, -0.2) is 30.1 Å². The fourth-order valence-corrected chi connectivity index (χ4v) is 1.70. The Kier molecular flexibility index (Phi) is 7.01. The van der Waals surface area contributed by atoms with Crippen molar-refractivity contribution >= 4 is 11.9 Å². The molecule has 0 aliphatic carbocycles. The molecule has 0 aliphatic heterocycles. The molecular formula is C16H21NO4. The molecule has 2 N–H and O–H groups in total. The van der Waals surface area contributed by atoms with E-state index in [9.17, 15) is 9.59 Å². The summed E-state index contributed by atoms with van der Waals surface area (Å²) in [6.45, 7) is 6.36. The number of hydrogen-bond donors (Lipinski definition) is 2. The molecule has 1 rings (SSSR count). The SMILES string of the molecule is C=CCOc1ccc(C(=O)NCC(C)CCC(=O)O)cc1. The first-order chi connectivity index (χ1) is 10.0. The van der Waals surface area contributed by atoms with E-state index in [0.29, 0.717) is 30.9 Å². The highest BCUT2D eigenvalue weighted by molar-refractivity contribution is 5.94. The number of benzene rings is 1. The van der Waals surface area contributed by atoms with Crippen molar-refractivity contribution in [2.24, 2.45) is 5.92 Å². The molecule has 1 amide bonds. The van der Waals surface area contributed by atoms with E-state index in [-0.39, 0.29) is 18.2 Å². The summed E-state index contributed by atoms with van der Waals surface area (Å²) in [5.41, 5.74) is 0.548. The number of carboxylic acids is 1. The van der Waals surface area contributed by atoms with E-state index in [1.807, 2.05) is 6.92 Å². The first-order valence-corrected chi connectivity index (χ1v) is 6.86. The number of aliphatic carboxylic acids is 1. The second-order valence-electron chi connectivity index (χ2n) is 4.87. The van der Waals surface area contributed by atoms with Crippen molar-refractivity contribution < 1.29 is 19.4 Å². The summed E-state index contributed by atoms with van der Waals surface area (Å²) in [5.74, 6) is -0.183. The molecule has 5 nitrogen and oxygen atoms in total. The maximum atomic E-state index is 11.9. The molecular weight excluding hydrogens is 270 g/mol. The molecule has 114 valence electrons. The zero-order valence-electron chi connectivity index (χ0n) is 12.2. The average molecular weight is 291 g/mol. The quantitative estimate of drug-likeness (QED) is 0.685. The van der Waals surface area contributed by atoms with Crippen LogP contribution in [0.25, 0.3) is 0 Å². The van der Waals surface area contributed by atoms with Gasteiger partial charge in [-0.25, -0.2) is 0 Å². The molecule has 1 atom stereocenters. The molecule has 1 aromatic carbocycles. The van der Waals surface area contributed by atoms with Gasteiger partial charge in [0.15, 0.2) is 0 Å². The van der Waals surface area contributed by atoms with Crippen LogP contribution in [0.4, 0.5) is 0 Å². The highest BCUT2D eigenvalue weighted by Gasteiger charge is 2.09. The first kappa shape index (κ1) is 16.8. The summed E-state index contributed by atoms with van der Waals surface area (Å²) < 4.78 is 5.34. The number of ether oxygens (including phenoxy) is 1. The highest BCUT2D eigenvalue weighted by atomic mass is 16.5. The van der Waals surface area contributed by atoms with Gasteiger partial charge in [-0.2, -0.15) is 0 Å². The van der Waals surface area contributed by atoms with Crippen molar-refractivity contribution in [1.82, 2.24) is 5.32 Å². The van der Waals surface area contributed by atoms with Gasteiger partial charge in [0.1, 0.15) is 12.4 Å². The van der Waals surface area contributed by atoms with Gasteiger partial charge in [-0.1, -0.05) is 19.6 Å². The number of nitrogens with one attached hydrogen (secondary N) is 1. The van der Waals surface area contributed by atoms with Crippen LogP contribution < -0.4 is 10.1 Å². The lowest BCUT2D eigenvalue weighted by Crippen LogP contribution is -2.28. The highest BCUT2D eigenvalue weighted by Crippen LogP contribution is 2.12. The van der Waals surface area contributed by atoms with Gasteiger partial charge in [0.05, 0.1) is 0 Å². The Balaban J connectivity index is 2.41. The Labute approximate surface area is 124 Å². The maximum Gasteiger partial charge on any atom is 0.303 e. The lowest BCUT2D eigenvalue weighted by atomic mass is 10.1. The minimum atomic E-state index is -0.816. The van der Waals surface area contributed by atoms with Crippen molar-refractivity contribution in [2.45, 2.75) is 19.8 Å². The van der Waals surface area contributed by atoms with Crippen LogP contribution in [0, 0.1) is 5.92 Å². The molecule has 0 aromatic heterocycles. The Hall–Kier alpha value is -2.30. The van der Waals surface area contributed by atoms with Gasteiger partial charge >= 0.3 is 5.97 Å². The van der Waals surface area contributed by atoms with Gasteiger partial charge in [-0.3, -0.25) is 9.59 Å². The number of carbonyl (C=O) groups is 2. The van der Waals surface area contributed by atoms with Crippen LogP contribution in [0.2, 0.25) is 0 Å². The third kappa shape index (κ3) is 6.61. The van der Waals surface area contributed by atoms with Crippen molar-refractivity contribution in [3.8, 4) is 5.75 Å². The average Bonchev–Trinajstić information content (AvgIpc) is 2.49. The minimum absolute atomic E-state index is 0.117. The lowest BCUT2D eigenvalue weighted by Gasteiger charge is -2.11. The number of amides is 1. The molecule has 0 heterocycles. The number of carbonyl (C=O) groups excluding carboxylic acids is 1. The smallest absolute Gasteiger partial charge is 0.303 e. The summed E-state index contributed by atoms with van der Waals surface area (Å²) in [5, 5.41) is 11.4. The Morgan fingerprint density at radius 1 is 1.38 bits per heavy atom. The third-order valence-electron chi connectivity index (χ3n) is 2.95. The molecule has 1 aromatic rings. The van der Waals surface area contributed by atoms with Crippen LogP contribution in [0.15, 0.2) is 36.9 Å². The molecule has 21 heavy (non-hydrogen) atoms. The van der Waals surface area contributed by atoms with Crippen molar-refractivity contribution in [3.05, 3.63) is 42.5 Å². The zero-order valence-corrected chi connectivity index (χ0v) is 12.2. The second-order valence-corrected chi connectivity index (χ2v) is 4.87. The largest absolute Gasteiger partial charge is 0.490 e. The summed E-state index contributed by atoms with van der Waals surface area (Å²) in [7, 11) is 0. The molecule has 0 aliphatic rings. The fourth-order valence-electron chi connectivity index (χ4n) is 1.70. The van der Waals surface area contributed by atoms with E-state index in [1.165, 1.54) is 0 Å². The molecule has 5 heteroatoms. The van der Waals surface area contributed by atoms with E-state index in [1.54, 1.807) is 30.3 Å². The second kappa shape index (κ2) is 8.79. The normalized spacial score (nSPS) is 11.5. The first-order valence-electron chi connectivity index (χ1n) is 6.86. The number of hydrogen-bond acceptors (Lipinski definition) is 3. The van der Waals surface area contributed by atoms with Crippen LogP contribution in [0.3, 0.4) is 0 Å². The van der Waals surface area contributed by atoms with Gasteiger partial charge in [0, 0.05) is 18.5 Å². The van der Waals surface area contributed by atoms with Gasteiger partial charge in [0.2, 0.25) is 0 Å². The van der Waals surface area contributed by atoms with E-state index in [4.69, 9.17) is 9.84 Å². The number of carboxylic acid groups (broad SMARTS) is 1. The van der Waals surface area contributed by atoms with Crippen LogP contribution in [0.5, 0.6) is 5.75 Å².